The summed E-state index contributed by atoms with van der Waals surface area (Å²) in [5, 5.41) is 7.09. The zero-order chi connectivity index (χ0) is 22.0. The van der Waals surface area contributed by atoms with Gasteiger partial charge in [0, 0.05) is 38.3 Å². The van der Waals surface area contributed by atoms with Gasteiger partial charge in [-0.05, 0) is 48.1 Å². The highest BCUT2D eigenvalue weighted by Crippen LogP contribution is 2.49. The Labute approximate surface area is 182 Å². The lowest BCUT2D eigenvalue weighted by molar-refractivity contribution is -0.135. The summed E-state index contributed by atoms with van der Waals surface area (Å²) < 4.78 is 1.78. The Hall–Kier alpha value is -3.41. The summed E-state index contributed by atoms with van der Waals surface area (Å²) in [7, 11) is 1.90. The molecule has 6 heteroatoms. The first-order valence-corrected chi connectivity index (χ1v) is 10.6. The Kier molecular flexibility index (Phi) is 5.89. The second kappa shape index (κ2) is 8.76. The molecule has 2 aromatic carbocycles. The molecule has 0 radical (unpaired) electrons. The van der Waals surface area contributed by atoms with Crippen molar-refractivity contribution in [2.24, 2.45) is 13.0 Å². The molecule has 3 atom stereocenters. The molecule has 1 saturated carbocycles. The summed E-state index contributed by atoms with van der Waals surface area (Å²) in [5.41, 5.74) is 3.96. The average molecular weight is 417 g/mol. The number of aryl methyl sites for hydroxylation is 1. The van der Waals surface area contributed by atoms with Gasteiger partial charge < -0.3 is 10.2 Å². The number of hydrogen-bond acceptors (Lipinski definition) is 3. The maximum atomic E-state index is 13.6. The van der Waals surface area contributed by atoms with E-state index in [1.54, 1.807) is 4.68 Å². The molecular formula is C25H28N4O2. The first-order valence-electron chi connectivity index (χ1n) is 10.6. The second-order valence-electron chi connectivity index (χ2n) is 8.33. The largest absolute Gasteiger partial charge is 0.331 e. The van der Waals surface area contributed by atoms with Gasteiger partial charge in [0.05, 0.1) is 12.2 Å². The zero-order valence-corrected chi connectivity index (χ0v) is 18.2. The van der Waals surface area contributed by atoms with Crippen LogP contribution in [-0.4, -0.2) is 26.5 Å². The predicted octanol–water partition coefficient (Wildman–Crippen LogP) is 4.27. The number of benzene rings is 2. The molecule has 1 aromatic heterocycles. The Morgan fingerprint density at radius 3 is 2.65 bits per heavy atom. The fourth-order valence-electron chi connectivity index (χ4n) is 4.13. The highest BCUT2D eigenvalue weighted by Gasteiger charge is 2.47. The van der Waals surface area contributed by atoms with E-state index < -0.39 is 0 Å². The monoisotopic (exact) mass is 416 g/mol. The van der Waals surface area contributed by atoms with E-state index in [1.165, 1.54) is 6.92 Å². The van der Waals surface area contributed by atoms with Crippen LogP contribution in [-0.2, 0) is 23.2 Å². The van der Waals surface area contributed by atoms with Crippen molar-refractivity contribution in [3.8, 4) is 0 Å². The standard InChI is InChI=1S/C25H28N4O2/c1-17(20-10-7-11-22(12-20)27-18(2)30)29(15-19-8-5-4-6-9-19)25(31)24-13-23(24)21-14-26-28(3)16-21/h4-12,14,16-17,23-24H,13,15H2,1-3H3,(H,27,30). The Morgan fingerprint density at radius 2 is 1.97 bits per heavy atom. The molecule has 1 heterocycles. The first-order chi connectivity index (χ1) is 14.9. The van der Waals surface area contributed by atoms with Crippen LogP contribution in [0.15, 0.2) is 67.0 Å². The Bertz CT molecular complexity index is 1080. The van der Waals surface area contributed by atoms with Gasteiger partial charge in [0.1, 0.15) is 0 Å². The van der Waals surface area contributed by atoms with Crippen molar-refractivity contribution in [3.63, 3.8) is 0 Å². The summed E-state index contributed by atoms with van der Waals surface area (Å²) in [5.74, 6) is 0.265. The molecule has 0 spiro atoms. The van der Waals surface area contributed by atoms with Crippen molar-refractivity contribution in [3.05, 3.63) is 83.7 Å². The molecule has 4 rings (SSSR count). The number of rotatable bonds is 7. The summed E-state index contributed by atoms with van der Waals surface area (Å²) in [6, 6.07) is 17.7. The van der Waals surface area contributed by atoms with E-state index in [0.717, 1.165) is 28.8 Å². The molecule has 0 bridgehead atoms. The van der Waals surface area contributed by atoms with Crippen LogP contribution in [0.1, 0.15) is 48.9 Å². The summed E-state index contributed by atoms with van der Waals surface area (Å²) >= 11 is 0. The van der Waals surface area contributed by atoms with E-state index >= 15 is 0 Å². The van der Waals surface area contributed by atoms with Crippen molar-refractivity contribution >= 4 is 17.5 Å². The minimum Gasteiger partial charge on any atom is -0.331 e. The minimum atomic E-state index is -0.128. The van der Waals surface area contributed by atoms with Gasteiger partial charge in [-0.3, -0.25) is 14.3 Å². The van der Waals surface area contributed by atoms with E-state index in [0.29, 0.717) is 6.54 Å². The molecule has 0 aliphatic heterocycles. The summed E-state index contributed by atoms with van der Waals surface area (Å²) in [6.45, 7) is 4.09. The third-order valence-electron chi connectivity index (χ3n) is 5.90. The number of aromatic nitrogens is 2. The Balaban J connectivity index is 1.58. The molecule has 31 heavy (non-hydrogen) atoms. The number of carbonyl (C=O) groups excluding carboxylic acids is 2. The van der Waals surface area contributed by atoms with E-state index in [-0.39, 0.29) is 29.7 Å². The number of hydrogen-bond donors (Lipinski definition) is 1. The quantitative estimate of drug-likeness (QED) is 0.625. The zero-order valence-electron chi connectivity index (χ0n) is 18.2. The van der Waals surface area contributed by atoms with Crippen molar-refractivity contribution < 1.29 is 9.59 Å². The molecule has 1 N–H and O–H groups in total. The number of amides is 2. The van der Waals surface area contributed by atoms with Crippen LogP contribution in [0.3, 0.4) is 0 Å². The van der Waals surface area contributed by atoms with E-state index in [2.05, 4.69) is 17.3 Å². The van der Waals surface area contributed by atoms with E-state index in [9.17, 15) is 9.59 Å². The van der Waals surface area contributed by atoms with Crippen molar-refractivity contribution in [1.82, 2.24) is 14.7 Å². The molecule has 3 unspecified atom stereocenters. The number of carbonyl (C=O) groups is 2. The van der Waals surface area contributed by atoms with Gasteiger partial charge in [-0.15, -0.1) is 0 Å². The van der Waals surface area contributed by atoms with Gasteiger partial charge in [-0.25, -0.2) is 0 Å². The third kappa shape index (κ3) is 4.85. The summed E-state index contributed by atoms with van der Waals surface area (Å²) in [4.78, 5) is 27.0. The molecule has 1 fully saturated rings. The van der Waals surface area contributed by atoms with Gasteiger partial charge in [0.25, 0.3) is 0 Å². The smallest absolute Gasteiger partial charge is 0.227 e. The maximum absolute atomic E-state index is 13.6. The fraction of sp³-hybridized carbons (Fsp3) is 0.320. The third-order valence-corrected chi connectivity index (χ3v) is 5.90. The average Bonchev–Trinajstić information content (AvgIpc) is 3.44. The van der Waals surface area contributed by atoms with E-state index in [1.807, 2.05) is 78.9 Å². The topological polar surface area (TPSA) is 67.2 Å². The van der Waals surface area contributed by atoms with Crippen molar-refractivity contribution in [1.29, 1.82) is 0 Å². The molecule has 2 amide bonds. The van der Waals surface area contributed by atoms with Gasteiger partial charge in [-0.1, -0.05) is 42.5 Å². The number of anilines is 1. The normalized spacial score (nSPS) is 18.3. The highest BCUT2D eigenvalue weighted by molar-refractivity contribution is 5.88. The van der Waals surface area contributed by atoms with Crippen molar-refractivity contribution in [2.75, 3.05) is 5.32 Å². The molecule has 1 aliphatic carbocycles. The maximum Gasteiger partial charge on any atom is 0.227 e. The lowest BCUT2D eigenvalue weighted by Gasteiger charge is -2.30. The lowest BCUT2D eigenvalue weighted by Crippen LogP contribution is -2.34. The second-order valence-corrected chi connectivity index (χ2v) is 8.33. The van der Waals surface area contributed by atoms with Crippen LogP contribution in [0.25, 0.3) is 0 Å². The van der Waals surface area contributed by atoms with Crippen LogP contribution in [0.2, 0.25) is 0 Å². The van der Waals surface area contributed by atoms with Crippen LogP contribution in [0.4, 0.5) is 5.69 Å². The van der Waals surface area contributed by atoms with Gasteiger partial charge in [0.2, 0.25) is 11.8 Å². The Morgan fingerprint density at radius 1 is 1.19 bits per heavy atom. The van der Waals surface area contributed by atoms with Gasteiger partial charge >= 0.3 is 0 Å². The molecule has 1 aliphatic rings. The first kappa shape index (κ1) is 20.8. The minimum absolute atomic E-state index is 0.0195. The van der Waals surface area contributed by atoms with Gasteiger partial charge in [0.15, 0.2) is 0 Å². The van der Waals surface area contributed by atoms with Gasteiger partial charge in [-0.2, -0.15) is 5.10 Å². The van der Waals surface area contributed by atoms with Crippen molar-refractivity contribution in [2.45, 2.75) is 38.8 Å². The van der Waals surface area contributed by atoms with Crippen LogP contribution in [0, 0.1) is 5.92 Å². The number of nitrogens with zero attached hydrogens (tertiary/aromatic N) is 3. The molecular weight excluding hydrogens is 388 g/mol. The molecule has 0 saturated heterocycles. The van der Waals surface area contributed by atoms with Crippen LogP contribution in [0.5, 0.6) is 0 Å². The fourth-order valence-corrected chi connectivity index (χ4v) is 4.13. The molecule has 3 aromatic rings. The predicted molar refractivity (Wildman–Crippen MR) is 120 cm³/mol. The lowest BCUT2D eigenvalue weighted by atomic mass is 10.0. The number of nitrogens with one attached hydrogen (secondary N) is 1. The molecule has 160 valence electrons. The SMILES string of the molecule is CC(=O)Nc1cccc(C(C)N(Cc2ccccc2)C(=O)C2CC2c2cnn(C)c2)c1. The van der Waals surface area contributed by atoms with Crippen LogP contribution >= 0.6 is 0 Å². The summed E-state index contributed by atoms with van der Waals surface area (Å²) in [6.07, 6.45) is 4.72. The molecule has 6 nitrogen and oxygen atoms in total. The highest BCUT2D eigenvalue weighted by atomic mass is 16.2. The van der Waals surface area contributed by atoms with Crippen LogP contribution < -0.4 is 5.32 Å². The van der Waals surface area contributed by atoms with E-state index in [4.69, 9.17) is 0 Å².